The van der Waals surface area contributed by atoms with Crippen LogP contribution in [0.15, 0.2) is 66.0 Å². The number of azide groups is 1. The van der Waals surface area contributed by atoms with Crippen molar-refractivity contribution in [2.75, 3.05) is 12.4 Å². The number of carbonyl (C=O) groups is 3. The number of imide groups is 1. The second-order valence-electron chi connectivity index (χ2n) is 7.36. The summed E-state index contributed by atoms with van der Waals surface area (Å²) in [4.78, 5) is 46.9. The Balaban J connectivity index is 1.48. The lowest BCUT2D eigenvalue weighted by molar-refractivity contribution is 0.0956. The van der Waals surface area contributed by atoms with Crippen molar-refractivity contribution in [3.63, 3.8) is 0 Å². The monoisotopic (exact) mass is 519 g/mol. The van der Waals surface area contributed by atoms with Crippen LogP contribution in [0.25, 0.3) is 21.3 Å². The predicted octanol–water partition coefficient (Wildman–Crippen LogP) is 5.12. The quantitative estimate of drug-likeness (QED) is 0.202. The first-order valence-electron chi connectivity index (χ1n) is 10.6. The topological polar surface area (TPSA) is 168 Å². The number of carbonyl (C=O) groups excluding carboxylic acids is 3. The first-order chi connectivity index (χ1) is 18.3. The Kier molecular flexibility index (Phi) is 7.35. The van der Waals surface area contributed by atoms with Crippen LogP contribution in [0.5, 0.6) is 17.2 Å². The van der Waals surface area contributed by atoms with Gasteiger partial charge in [-0.1, -0.05) is 6.07 Å². The van der Waals surface area contributed by atoms with Crippen LogP contribution in [-0.2, 0) is 0 Å². The average molecular weight is 519 g/mol. The third kappa shape index (κ3) is 5.45. The number of pyridine rings is 2. The summed E-state index contributed by atoms with van der Waals surface area (Å²) in [6, 6.07) is 9.09. The van der Waals surface area contributed by atoms with Crippen molar-refractivity contribution >= 4 is 34.6 Å². The summed E-state index contributed by atoms with van der Waals surface area (Å²) in [5, 5.41) is 7.64. The van der Waals surface area contributed by atoms with Crippen LogP contribution in [-0.4, -0.2) is 34.9 Å². The van der Waals surface area contributed by atoms with E-state index in [0.717, 1.165) is 18.2 Å². The van der Waals surface area contributed by atoms with Gasteiger partial charge in [-0.2, -0.15) is 0 Å². The summed E-state index contributed by atoms with van der Waals surface area (Å²) in [6.45, 7) is 0. The molecule has 0 radical (unpaired) electrons. The van der Waals surface area contributed by atoms with E-state index in [0.29, 0.717) is 16.7 Å². The number of hydrogen-bond donors (Lipinski definition) is 2. The Labute approximate surface area is 211 Å². The van der Waals surface area contributed by atoms with Gasteiger partial charge in [0.2, 0.25) is 0 Å². The summed E-state index contributed by atoms with van der Waals surface area (Å²) in [5.74, 6) is -3.60. The fourth-order valence-corrected chi connectivity index (χ4v) is 3.34. The molecule has 0 saturated heterocycles. The molecule has 14 heteroatoms. The van der Waals surface area contributed by atoms with Crippen LogP contribution in [0, 0.1) is 11.6 Å². The molecule has 0 aliphatic rings. The van der Waals surface area contributed by atoms with Gasteiger partial charge in [-0.3, -0.25) is 25.2 Å². The first-order valence-corrected chi connectivity index (χ1v) is 10.6. The Hall–Kier alpha value is -5.62. The number of halogens is 2. The van der Waals surface area contributed by atoms with E-state index in [-0.39, 0.29) is 22.9 Å². The van der Waals surface area contributed by atoms with E-state index in [1.165, 1.54) is 43.8 Å². The summed E-state index contributed by atoms with van der Waals surface area (Å²) in [5.41, 5.74) is 8.03. The molecular formula is C24H15F2N7O5. The number of amides is 4. The minimum Gasteiger partial charge on any atom is -0.496 e. The van der Waals surface area contributed by atoms with E-state index in [1.807, 2.05) is 5.32 Å². The number of hydrogen-bond acceptors (Lipinski definition) is 7. The third-order valence-corrected chi connectivity index (χ3v) is 5.01. The molecule has 0 fully saturated rings. The molecule has 0 bridgehead atoms. The molecule has 0 aliphatic carbocycles. The van der Waals surface area contributed by atoms with Crippen LogP contribution in [0.4, 0.5) is 19.4 Å². The molecule has 12 nitrogen and oxygen atoms in total. The molecule has 4 amide bonds. The number of nitrogens with one attached hydrogen (secondary N) is 2. The number of ether oxygens (including phenoxy) is 2. The van der Waals surface area contributed by atoms with Crippen molar-refractivity contribution in [1.29, 1.82) is 0 Å². The van der Waals surface area contributed by atoms with Gasteiger partial charge in [0.15, 0.2) is 0 Å². The SMILES string of the molecule is COc1cc2c(Oc3ccc(NC(=O)NC(=O)c4c(F)cccc4F)nc3)ccnc2cc1C(=O)N=[N+]=[N-]. The van der Waals surface area contributed by atoms with Crippen LogP contribution in [0.1, 0.15) is 20.7 Å². The number of nitrogens with zero attached hydrogens (tertiary/aromatic N) is 5. The molecule has 2 heterocycles. The van der Waals surface area contributed by atoms with E-state index in [2.05, 4.69) is 25.3 Å². The molecule has 0 atom stereocenters. The molecule has 2 aromatic heterocycles. The van der Waals surface area contributed by atoms with Crippen molar-refractivity contribution in [2.24, 2.45) is 5.11 Å². The highest BCUT2D eigenvalue weighted by molar-refractivity contribution is 6.08. The third-order valence-electron chi connectivity index (χ3n) is 5.01. The number of methoxy groups -OCH3 is 1. The second-order valence-corrected chi connectivity index (χ2v) is 7.36. The highest BCUT2D eigenvalue weighted by Gasteiger charge is 2.19. The molecule has 0 spiro atoms. The van der Waals surface area contributed by atoms with Crippen molar-refractivity contribution in [3.05, 3.63) is 94.1 Å². The lowest BCUT2D eigenvalue weighted by atomic mass is 10.1. The van der Waals surface area contributed by atoms with E-state index >= 15 is 0 Å². The van der Waals surface area contributed by atoms with E-state index in [9.17, 15) is 23.2 Å². The molecule has 190 valence electrons. The van der Waals surface area contributed by atoms with Gasteiger partial charge in [0, 0.05) is 16.5 Å². The average Bonchev–Trinajstić information content (AvgIpc) is 2.89. The smallest absolute Gasteiger partial charge is 0.327 e. The van der Waals surface area contributed by atoms with Crippen molar-refractivity contribution in [3.8, 4) is 17.2 Å². The molecule has 38 heavy (non-hydrogen) atoms. The van der Waals surface area contributed by atoms with Gasteiger partial charge < -0.3 is 9.47 Å². The lowest BCUT2D eigenvalue weighted by Crippen LogP contribution is -2.35. The minimum absolute atomic E-state index is 0.0131. The fraction of sp³-hybridized carbons (Fsp3) is 0.0417. The van der Waals surface area contributed by atoms with Gasteiger partial charge in [-0.05, 0) is 53.1 Å². The minimum atomic E-state index is -1.26. The van der Waals surface area contributed by atoms with Crippen LogP contribution in [0.2, 0.25) is 0 Å². The van der Waals surface area contributed by atoms with E-state index in [1.54, 1.807) is 6.07 Å². The maximum Gasteiger partial charge on any atom is 0.327 e. The number of aromatic nitrogens is 2. The van der Waals surface area contributed by atoms with Gasteiger partial charge in [0.25, 0.3) is 11.8 Å². The number of rotatable bonds is 6. The highest BCUT2D eigenvalue weighted by Crippen LogP contribution is 2.33. The van der Waals surface area contributed by atoms with Gasteiger partial charge in [-0.25, -0.2) is 18.6 Å². The lowest BCUT2D eigenvalue weighted by Gasteiger charge is -2.12. The molecule has 4 aromatic rings. The summed E-state index contributed by atoms with van der Waals surface area (Å²) in [7, 11) is 1.34. The molecule has 0 aliphatic heterocycles. The molecule has 0 saturated carbocycles. The maximum absolute atomic E-state index is 13.7. The fourth-order valence-electron chi connectivity index (χ4n) is 3.34. The largest absolute Gasteiger partial charge is 0.496 e. The maximum atomic E-state index is 13.7. The van der Waals surface area contributed by atoms with Crippen LogP contribution in [0.3, 0.4) is 0 Å². The molecule has 0 unspecified atom stereocenters. The second kappa shape index (κ2) is 11.0. The number of fused-ring (bicyclic) bond motifs is 1. The van der Waals surface area contributed by atoms with Crippen molar-refractivity contribution in [2.45, 2.75) is 0 Å². The number of benzene rings is 2. The van der Waals surface area contributed by atoms with Crippen LogP contribution < -0.4 is 20.1 Å². The van der Waals surface area contributed by atoms with Gasteiger partial charge in [0.05, 0.1) is 24.4 Å². The Morgan fingerprint density at radius 1 is 1.03 bits per heavy atom. The standard InChI is InChI=1S/C24H15F2N7O5/c1-37-19-10-13-17(9-14(19)22(34)32-33-27)28-8-7-18(13)38-12-5-6-20(29-11-12)30-24(36)31-23(35)21-15(25)3-2-4-16(21)26/h2-11H,1H3,(H2,29,30,31,35,36). The summed E-state index contributed by atoms with van der Waals surface area (Å²) >= 11 is 0. The summed E-state index contributed by atoms with van der Waals surface area (Å²) in [6.07, 6.45) is 2.71. The highest BCUT2D eigenvalue weighted by atomic mass is 19.1. The Morgan fingerprint density at radius 3 is 2.45 bits per heavy atom. The molecule has 2 N–H and O–H groups in total. The summed E-state index contributed by atoms with van der Waals surface area (Å²) < 4.78 is 38.5. The Bertz CT molecular complexity index is 1600. The van der Waals surface area contributed by atoms with Gasteiger partial charge in [-0.15, -0.1) is 0 Å². The van der Waals surface area contributed by atoms with Crippen molar-refractivity contribution < 1.29 is 32.6 Å². The zero-order valence-corrected chi connectivity index (χ0v) is 19.3. The van der Waals surface area contributed by atoms with Gasteiger partial charge >= 0.3 is 6.03 Å². The Morgan fingerprint density at radius 2 is 1.79 bits per heavy atom. The predicted molar refractivity (Wildman–Crippen MR) is 129 cm³/mol. The molecular weight excluding hydrogens is 504 g/mol. The number of urea groups is 1. The number of anilines is 1. The molecule has 4 rings (SSSR count). The molecule has 2 aromatic carbocycles. The normalized spacial score (nSPS) is 10.3. The zero-order valence-electron chi connectivity index (χ0n) is 19.3. The van der Waals surface area contributed by atoms with Crippen LogP contribution >= 0.6 is 0 Å². The van der Waals surface area contributed by atoms with Gasteiger partial charge in [0.1, 0.15) is 40.3 Å². The van der Waals surface area contributed by atoms with E-state index < -0.39 is 35.0 Å². The first kappa shape index (κ1) is 25.5. The van der Waals surface area contributed by atoms with E-state index in [4.69, 9.17) is 15.0 Å². The zero-order chi connectivity index (χ0) is 27.2. The van der Waals surface area contributed by atoms with Crippen molar-refractivity contribution in [1.82, 2.24) is 15.3 Å².